The summed E-state index contributed by atoms with van der Waals surface area (Å²) in [7, 11) is -3.77. The van der Waals surface area contributed by atoms with E-state index in [1.807, 2.05) is 42.5 Å². The molecule has 1 N–H and O–H groups in total. The zero-order chi connectivity index (χ0) is 21.7. The summed E-state index contributed by atoms with van der Waals surface area (Å²) in [4.78, 5) is 12.7. The molecule has 4 rings (SSSR count). The van der Waals surface area contributed by atoms with E-state index in [2.05, 4.69) is 5.32 Å². The van der Waals surface area contributed by atoms with Crippen molar-refractivity contribution in [3.8, 4) is 5.75 Å². The molecular formula is C23H24N2O5S. The fraction of sp³-hybridized carbons (Fsp3) is 0.261. The molecule has 1 amide bonds. The number of benzene rings is 3. The van der Waals surface area contributed by atoms with Crippen molar-refractivity contribution in [2.24, 2.45) is 0 Å². The molecule has 1 aliphatic heterocycles. The molecule has 8 heteroatoms. The van der Waals surface area contributed by atoms with Gasteiger partial charge in [0.1, 0.15) is 12.4 Å². The van der Waals surface area contributed by atoms with Crippen molar-refractivity contribution in [1.29, 1.82) is 0 Å². The number of nitrogens with one attached hydrogen (secondary N) is 1. The third kappa shape index (κ3) is 4.87. The molecule has 0 aromatic heterocycles. The van der Waals surface area contributed by atoms with E-state index >= 15 is 0 Å². The summed E-state index contributed by atoms with van der Waals surface area (Å²) < 4.78 is 38.3. The summed E-state index contributed by atoms with van der Waals surface area (Å²) >= 11 is 0. The van der Waals surface area contributed by atoms with E-state index in [-0.39, 0.29) is 36.7 Å². The van der Waals surface area contributed by atoms with Crippen LogP contribution >= 0.6 is 0 Å². The van der Waals surface area contributed by atoms with Crippen molar-refractivity contribution in [1.82, 2.24) is 9.62 Å². The number of ether oxygens (including phenoxy) is 2. The van der Waals surface area contributed by atoms with Crippen LogP contribution < -0.4 is 10.1 Å². The molecule has 0 bridgehead atoms. The number of sulfonamides is 1. The van der Waals surface area contributed by atoms with Gasteiger partial charge < -0.3 is 14.8 Å². The minimum Gasteiger partial charge on any atom is -0.492 e. The molecular weight excluding hydrogens is 416 g/mol. The molecule has 7 nitrogen and oxygen atoms in total. The van der Waals surface area contributed by atoms with Crippen LogP contribution in [0.3, 0.4) is 0 Å². The first-order valence-electron chi connectivity index (χ1n) is 10.1. The van der Waals surface area contributed by atoms with Gasteiger partial charge in [-0.1, -0.05) is 42.5 Å². The first kappa shape index (κ1) is 21.3. The molecule has 0 aliphatic carbocycles. The lowest BCUT2D eigenvalue weighted by Gasteiger charge is -2.26. The number of fused-ring (bicyclic) bond motifs is 1. The van der Waals surface area contributed by atoms with Crippen LogP contribution in [0, 0.1) is 0 Å². The second kappa shape index (κ2) is 9.47. The fourth-order valence-electron chi connectivity index (χ4n) is 3.49. The lowest BCUT2D eigenvalue weighted by Crippen LogP contribution is -2.41. The summed E-state index contributed by atoms with van der Waals surface area (Å²) in [6.07, 6.45) is 0. The number of carbonyl (C=O) groups excluding carboxylic acids is 1. The zero-order valence-corrected chi connectivity index (χ0v) is 17.8. The van der Waals surface area contributed by atoms with Gasteiger partial charge in [-0.25, -0.2) is 8.42 Å². The third-order valence-corrected chi connectivity index (χ3v) is 7.05. The van der Waals surface area contributed by atoms with Crippen molar-refractivity contribution in [3.05, 3.63) is 72.3 Å². The van der Waals surface area contributed by atoms with Gasteiger partial charge >= 0.3 is 0 Å². The van der Waals surface area contributed by atoms with Crippen LogP contribution in [0.1, 0.15) is 10.4 Å². The first-order chi connectivity index (χ1) is 15.1. The monoisotopic (exact) mass is 440 g/mol. The second-order valence-corrected chi connectivity index (χ2v) is 9.03. The molecule has 1 fully saturated rings. The Kier molecular flexibility index (Phi) is 6.50. The largest absolute Gasteiger partial charge is 0.492 e. The van der Waals surface area contributed by atoms with Gasteiger partial charge in [-0.05, 0) is 35.0 Å². The topological polar surface area (TPSA) is 84.9 Å². The number of amides is 1. The average Bonchev–Trinajstić information content (AvgIpc) is 2.82. The van der Waals surface area contributed by atoms with E-state index in [0.717, 1.165) is 10.8 Å². The van der Waals surface area contributed by atoms with Crippen molar-refractivity contribution in [3.63, 3.8) is 0 Å². The highest BCUT2D eigenvalue weighted by Crippen LogP contribution is 2.22. The summed E-state index contributed by atoms with van der Waals surface area (Å²) in [6.45, 7) is 1.76. The maximum Gasteiger partial charge on any atom is 0.252 e. The van der Waals surface area contributed by atoms with Gasteiger partial charge in [-0.3, -0.25) is 4.79 Å². The summed E-state index contributed by atoms with van der Waals surface area (Å²) in [6, 6.07) is 20.1. The number of morpholine rings is 1. The minimum absolute atomic E-state index is 0.00449. The highest BCUT2D eigenvalue weighted by atomic mass is 32.2. The Hall–Kier alpha value is -2.94. The Balaban J connectivity index is 1.38. The molecule has 1 heterocycles. The lowest BCUT2D eigenvalue weighted by molar-refractivity contribution is 0.0729. The molecule has 0 spiro atoms. The molecule has 0 unspecified atom stereocenters. The number of carbonyl (C=O) groups is 1. The van der Waals surface area contributed by atoms with Gasteiger partial charge in [0, 0.05) is 13.1 Å². The standard InChI is InChI=1S/C23H24N2O5S/c26-23(24-11-14-30-20-10-9-18-5-1-2-6-19(18)17-20)21-7-3-4-8-22(21)31(27,28)25-12-15-29-16-13-25/h1-10,17H,11-16H2,(H,24,26). The second-order valence-electron chi connectivity index (χ2n) is 7.13. The Morgan fingerprint density at radius 3 is 2.48 bits per heavy atom. The zero-order valence-electron chi connectivity index (χ0n) is 17.0. The molecule has 0 atom stereocenters. The van der Waals surface area contributed by atoms with Crippen LogP contribution in [0.4, 0.5) is 0 Å². The Morgan fingerprint density at radius 1 is 0.968 bits per heavy atom. The van der Waals surface area contributed by atoms with Crippen molar-refractivity contribution < 1.29 is 22.7 Å². The Labute approximate surface area is 181 Å². The van der Waals surface area contributed by atoms with Crippen molar-refractivity contribution in [2.75, 3.05) is 39.5 Å². The maximum absolute atomic E-state index is 13.0. The first-order valence-corrected chi connectivity index (χ1v) is 11.6. The van der Waals surface area contributed by atoms with Crippen molar-refractivity contribution in [2.45, 2.75) is 4.90 Å². The Bertz CT molecular complexity index is 1170. The van der Waals surface area contributed by atoms with E-state index in [4.69, 9.17) is 9.47 Å². The van der Waals surface area contributed by atoms with Crippen molar-refractivity contribution >= 4 is 26.7 Å². The normalized spacial score (nSPS) is 15.0. The summed E-state index contributed by atoms with van der Waals surface area (Å²) in [5.74, 6) is 0.262. The van der Waals surface area contributed by atoms with E-state index in [1.165, 1.54) is 16.4 Å². The van der Waals surface area contributed by atoms with Gasteiger partial charge in [-0.2, -0.15) is 4.31 Å². The van der Waals surface area contributed by atoms with Gasteiger partial charge in [0.15, 0.2) is 0 Å². The predicted molar refractivity (Wildman–Crippen MR) is 118 cm³/mol. The van der Waals surface area contributed by atoms with Gasteiger partial charge in [-0.15, -0.1) is 0 Å². The molecule has 3 aromatic rings. The molecule has 1 saturated heterocycles. The van der Waals surface area contributed by atoms with Crippen LogP contribution in [0.2, 0.25) is 0 Å². The summed E-state index contributed by atoms with van der Waals surface area (Å²) in [5.41, 5.74) is 0.125. The highest BCUT2D eigenvalue weighted by Gasteiger charge is 2.29. The SMILES string of the molecule is O=C(NCCOc1ccc2ccccc2c1)c1ccccc1S(=O)(=O)N1CCOCC1. The molecule has 31 heavy (non-hydrogen) atoms. The molecule has 0 radical (unpaired) electrons. The smallest absolute Gasteiger partial charge is 0.252 e. The van der Waals surface area contributed by atoms with E-state index in [1.54, 1.807) is 12.1 Å². The van der Waals surface area contributed by atoms with Crippen LogP contribution in [0.5, 0.6) is 5.75 Å². The van der Waals surface area contributed by atoms with Crippen LogP contribution in [0.25, 0.3) is 10.8 Å². The number of hydrogen-bond acceptors (Lipinski definition) is 5. The molecule has 3 aromatic carbocycles. The number of rotatable bonds is 7. The summed E-state index contributed by atoms with van der Waals surface area (Å²) in [5, 5.41) is 4.95. The van der Waals surface area contributed by atoms with E-state index < -0.39 is 15.9 Å². The van der Waals surface area contributed by atoms with Crippen LogP contribution in [-0.2, 0) is 14.8 Å². The number of hydrogen-bond donors (Lipinski definition) is 1. The fourth-order valence-corrected chi connectivity index (χ4v) is 5.09. The molecule has 162 valence electrons. The quantitative estimate of drug-likeness (QED) is 0.571. The highest BCUT2D eigenvalue weighted by molar-refractivity contribution is 7.89. The van der Waals surface area contributed by atoms with Crippen LogP contribution in [0.15, 0.2) is 71.6 Å². The molecule has 0 saturated carbocycles. The van der Waals surface area contributed by atoms with Crippen LogP contribution in [-0.4, -0.2) is 58.1 Å². The number of nitrogens with zero attached hydrogens (tertiary/aromatic N) is 1. The maximum atomic E-state index is 13.0. The van der Waals surface area contributed by atoms with Gasteiger partial charge in [0.25, 0.3) is 5.91 Å². The van der Waals surface area contributed by atoms with E-state index in [9.17, 15) is 13.2 Å². The third-order valence-electron chi connectivity index (χ3n) is 5.10. The predicted octanol–water partition coefficient (Wildman–Crippen LogP) is 2.67. The Morgan fingerprint density at radius 2 is 1.68 bits per heavy atom. The average molecular weight is 441 g/mol. The minimum atomic E-state index is -3.77. The van der Waals surface area contributed by atoms with Gasteiger partial charge in [0.2, 0.25) is 10.0 Å². The van der Waals surface area contributed by atoms with E-state index in [0.29, 0.717) is 19.0 Å². The lowest BCUT2D eigenvalue weighted by atomic mass is 10.1. The molecule has 1 aliphatic rings. The van der Waals surface area contributed by atoms with Gasteiger partial charge in [0.05, 0.1) is 30.2 Å².